The molecule has 6 heterocycles. The number of rotatable bonds is 36. The predicted molar refractivity (Wildman–Crippen MR) is 493 cm³/mol. The molecule has 0 saturated carbocycles. The van der Waals surface area contributed by atoms with Gasteiger partial charge in [0.1, 0.15) is 4.24 Å². The minimum absolute atomic E-state index is 0.0530. The number of aromatic amines is 6. The van der Waals surface area contributed by atoms with Crippen LogP contribution in [0, 0.1) is 0 Å². The normalized spacial score (nSPS) is 19.3. The number of hydrogen-bond donors (Lipinski definition) is 12. The van der Waals surface area contributed by atoms with Crippen LogP contribution in [-0.4, -0.2) is 275 Å². The molecule has 0 aliphatic rings. The third-order valence-corrected chi connectivity index (χ3v) is 24.2. The summed E-state index contributed by atoms with van der Waals surface area (Å²) < 4.78 is 489. The largest absolute Gasteiger partial charge is 0.361 e. The highest BCUT2D eigenvalue weighted by Crippen LogP contribution is 2.28. The van der Waals surface area contributed by atoms with Gasteiger partial charge in [-0.3, -0.25) is 0 Å². The molecule has 0 aliphatic heterocycles. The SMILES string of the molecule is [2H]c1[nH]c2ccc(CS(=O)(=O)NC([2H])([2H])[2H])cc2c1CC([2H])([2H])N(C([2H])([2H])[2H])C([2H])([2H])[2H].[2H]c1[nH]c2ccc(CS(=O)(=O)NC([2H])([2H])[2H])cc2c1CC([2H])([2H])N(C)C.[2H]c1[nH]c2ccc(CS(=O)(=O)NC([2H])([2H])[2H])cc2c1CC([2H])([2H])N(C)C([2H])([2H])[2H].[2H]c1c(CCN(C([2H])([2H])[2H])C([2H])([2H])[2H])c2cc(CS(=O)(=O)N([2H])C)ccc2n1[2H].[2H]c1c(CCN(C)C([2H])([2H])[2H])c2cc(CS(=O)(=O)N([2H])C)ccc2n1[2H].[2H]c1c(CCN(C)C)c2cc(CS(=O)(=O)N([2H])C)ccc2n1[2H]. The molecule has 0 aliphatic carbocycles. The van der Waals surface area contributed by atoms with Crippen LogP contribution >= 0.6 is 0 Å². The maximum Gasteiger partial charge on any atom is 0.215 e. The minimum atomic E-state index is -4.25. The van der Waals surface area contributed by atoms with E-state index in [9.17, 15) is 50.5 Å². The molecule has 12 N–H and O–H groups in total. The van der Waals surface area contributed by atoms with Crippen molar-refractivity contribution in [2.45, 2.75) is 73.0 Å². The Balaban J connectivity index is 0.000000267. The van der Waals surface area contributed by atoms with Crippen LogP contribution in [0.1, 0.15) is 120 Å². The lowest BCUT2D eigenvalue weighted by Crippen LogP contribution is -2.20. The first-order valence-electron chi connectivity index (χ1n) is 57.9. The van der Waals surface area contributed by atoms with Gasteiger partial charge < -0.3 is 59.3 Å². The molecule has 120 heavy (non-hydrogen) atoms. The average Bonchev–Trinajstić information content (AvgIpc) is 1.72. The van der Waals surface area contributed by atoms with E-state index in [1.165, 1.54) is 89.3 Å². The molecule has 6 aromatic heterocycles. The molecule has 0 fully saturated rings. The minimum Gasteiger partial charge on any atom is -0.361 e. The van der Waals surface area contributed by atoms with Crippen molar-refractivity contribution in [3.63, 3.8) is 0 Å². The van der Waals surface area contributed by atoms with E-state index in [0.29, 0.717) is 118 Å². The summed E-state index contributed by atoms with van der Waals surface area (Å²) in [5, 5.41) is 2.72. The molecule has 0 unspecified atom stereocenters. The monoisotopic (exact) mass is 1820 g/mol. The highest BCUT2D eigenvalue weighted by atomic mass is 32.2. The van der Waals surface area contributed by atoms with Crippen molar-refractivity contribution in [1.82, 2.24) is 87.6 Å². The van der Waals surface area contributed by atoms with E-state index in [1.807, 2.05) is 19.0 Å². The van der Waals surface area contributed by atoms with Gasteiger partial charge in [0.25, 0.3) is 0 Å². The van der Waals surface area contributed by atoms with E-state index in [0.717, 1.165) is 53.6 Å². The number of likely N-dealkylation sites (N-methyl/N-ethyl adjacent to an activating group) is 6. The standard InChI is InChI=1S/6C14H21N3O2S/c6*1-15-20(18,19)10-11-4-5-14-13(8-11)12(9-16-14)6-7-17(2)3/h6*4-5,8-9,15-16H,6-7,10H2,1-3H3/i1D3,2D3,3D3,7D2,9D;1D3,2D3,7D2,9D;2D3,3D3,9D;1D3,7D2,9D;2D3,9D;9D/hD6. The highest BCUT2D eigenvalue weighted by molar-refractivity contribution is 7.90. The zero-order valence-electron chi connectivity index (χ0n) is 112. The van der Waals surface area contributed by atoms with Gasteiger partial charge in [-0.05, 0) is 304 Å². The summed E-state index contributed by atoms with van der Waals surface area (Å²) in [4.78, 5) is 16.4. The Kier molecular flexibility index (Phi) is 19.5. The quantitative estimate of drug-likeness (QED) is 0.0177. The maximum absolute atomic E-state index is 12.1. The number of nitrogens with one attached hydrogen (secondary N) is 12. The van der Waals surface area contributed by atoms with Crippen LogP contribution in [0.2, 0.25) is 8.47 Å². The second-order valence-corrected chi connectivity index (χ2v) is 37.8. The van der Waals surface area contributed by atoms with Crippen molar-refractivity contribution in [3.8, 4) is 0 Å². The molecular formula is C84H126N18O12S6. The average molecular weight is 1820 g/mol. The van der Waals surface area contributed by atoms with Crippen molar-refractivity contribution in [2.24, 2.45) is 0 Å². The fourth-order valence-corrected chi connectivity index (χ4v) is 15.6. The lowest BCUT2D eigenvalue weighted by molar-refractivity contribution is 0.414. The number of benzene rings is 6. The number of H-pyrrole nitrogens is 6. The van der Waals surface area contributed by atoms with E-state index in [2.05, 4.69) is 15.0 Å². The molecule has 36 heteroatoms. The van der Waals surface area contributed by atoms with E-state index < -0.39 is 185 Å². The van der Waals surface area contributed by atoms with Crippen LogP contribution in [0.4, 0.5) is 0 Å². The number of aromatic nitrogens is 6. The third kappa shape index (κ3) is 31.9. The fraction of sp³-hybridized carbons (Fsp3) is 0.429. The van der Waals surface area contributed by atoms with Gasteiger partial charge in [-0.2, -0.15) is 0 Å². The summed E-state index contributed by atoms with van der Waals surface area (Å²) in [6, 6.07) is 27.2. The molecule has 660 valence electrons. The maximum atomic E-state index is 12.1. The van der Waals surface area contributed by atoms with Gasteiger partial charge >= 0.3 is 0 Å². The van der Waals surface area contributed by atoms with Crippen LogP contribution in [0.25, 0.3) is 65.4 Å². The number of aryl methyl sites for hydroxylation is 3. The Morgan fingerprint density at radius 2 is 0.550 bits per heavy atom. The van der Waals surface area contributed by atoms with Crippen molar-refractivity contribution in [2.75, 3.05) is 165 Å². The van der Waals surface area contributed by atoms with E-state index in [-0.39, 0.29) is 112 Å². The Morgan fingerprint density at radius 3 is 0.817 bits per heavy atom. The zero-order valence-corrected chi connectivity index (χ0v) is 71.6. The van der Waals surface area contributed by atoms with Gasteiger partial charge in [-0.1, -0.05) is 36.4 Å². The second-order valence-electron chi connectivity index (χ2n) is 27.2. The molecule has 12 rings (SSSR count). The summed E-state index contributed by atoms with van der Waals surface area (Å²) in [5.74, 6) is -2.97. The van der Waals surface area contributed by atoms with E-state index in [4.69, 9.17) is 61.9 Å². The molecule has 6 aromatic carbocycles. The first-order valence-corrected chi connectivity index (χ1v) is 45.5. The van der Waals surface area contributed by atoms with Gasteiger partial charge in [-0.15, -0.1) is 0 Å². The Hall–Kier alpha value is -8.22. The number of nitrogens with zero attached hydrogens (tertiary/aromatic N) is 6. The molecule has 0 atom stereocenters. The smallest absolute Gasteiger partial charge is 0.215 e. The first-order chi connectivity index (χ1) is 74.3. The third-order valence-electron chi connectivity index (χ3n) is 17.4. The number of fused-ring (bicyclic) bond motifs is 6. The number of sulfonamides is 6. The Labute approximate surface area is 774 Å². The topological polar surface area (TPSA) is 391 Å². The van der Waals surface area contributed by atoms with Crippen molar-refractivity contribution >= 4 is 126 Å². The predicted octanol–water partition coefficient (Wildman–Crippen LogP) is 7.93. The Bertz CT molecular complexity index is 8100. The lowest BCUT2D eigenvalue weighted by atomic mass is 10.1. The van der Waals surface area contributed by atoms with Gasteiger partial charge in [0, 0.05) is 187 Å². The van der Waals surface area contributed by atoms with Gasteiger partial charge in [0.05, 0.1) is 42.7 Å². The lowest BCUT2D eigenvalue weighted by Gasteiger charge is -2.08. The summed E-state index contributed by atoms with van der Waals surface area (Å²) in [6.07, 6.45) is -1.10. The van der Waals surface area contributed by atoms with Crippen LogP contribution < -0.4 is 28.3 Å². The van der Waals surface area contributed by atoms with Crippen molar-refractivity contribution < 1.29 is 112 Å². The van der Waals surface area contributed by atoms with Gasteiger partial charge in [-0.25, -0.2) is 78.8 Å². The van der Waals surface area contributed by atoms with Crippen molar-refractivity contribution in [3.05, 3.63) is 213 Å². The molecule has 0 saturated heterocycles. The van der Waals surface area contributed by atoms with Gasteiger partial charge in [0.15, 0.2) is 4.24 Å². The fourth-order valence-electron chi connectivity index (χ4n) is 11.4. The molecule has 12 aromatic rings. The number of hydrogen-bond acceptors (Lipinski definition) is 18. The van der Waals surface area contributed by atoms with E-state index >= 15 is 0 Å². The van der Waals surface area contributed by atoms with Gasteiger partial charge in [0.2, 0.25) is 60.1 Å². The molecule has 30 nitrogen and oxygen atoms in total. The van der Waals surface area contributed by atoms with Crippen LogP contribution in [0.5, 0.6) is 0 Å². The highest BCUT2D eigenvalue weighted by Gasteiger charge is 2.19. The first kappa shape index (κ1) is 51.8. The Morgan fingerprint density at radius 1 is 0.308 bits per heavy atom. The molecular weight excluding hydrogens is 1650 g/mol. The van der Waals surface area contributed by atoms with E-state index in [1.54, 1.807) is 72.1 Å². The van der Waals surface area contributed by atoms with Crippen LogP contribution in [0.15, 0.2) is 146 Å². The summed E-state index contributed by atoms with van der Waals surface area (Å²) in [6.45, 7) is -32.3. The summed E-state index contributed by atoms with van der Waals surface area (Å²) in [7, 11) is -10.8. The van der Waals surface area contributed by atoms with Crippen molar-refractivity contribution in [1.29, 1.82) is 0 Å². The summed E-state index contributed by atoms with van der Waals surface area (Å²) >= 11 is 0. The molecule has 0 bridgehead atoms. The molecule has 0 amide bonds. The summed E-state index contributed by atoms with van der Waals surface area (Å²) in [5.41, 5.74) is 6.72. The molecule has 0 spiro atoms. The van der Waals surface area contributed by atoms with Crippen LogP contribution in [-0.2, 0) is 133 Å². The second kappa shape index (κ2) is 45.2. The van der Waals surface area contributed by atoms with Crippen LogP contribution in [0.3, 0.4) is 0 Å². The molecule has 0 radical (unpaired) electrons. The zero-order chi connectivity index (χ0) is 127.